The van der Waals surface area contributed by atoms with Crippen molar-refractivity contribution >= 4 is 17.4 Å². The molecule has 1 N–H and O–H groups in total. The fourth-order valence-electron chi connectivity index (χ4n) is 2.13. The molecule has 1 heterocycles. The van der Waals surface area contributed by atoms with E-state index < -0.39 is 5.82 Å². The van der Waals surface area contributed by atoms with Crippen LogP contribution in [0.4, 0.5) is 10.1 Å². The minimum absolute atomic E-state index is 0.0155. The third-order valence-corrected chi connectivity index (χ3v) is 3.00. The number of anilines is 1. The minimum Gasteiger partial charge on any atom is -0.369 e. The van der Waals surface area contributed by atoms with Crippen LogP contribution >= 0.6 is 0 Å². The van der Waals surface area contributed by atoms with Crippen LogP contribution in [0, 0.1) is 5.82 Å². The van der Waals surface area contributed by atoms with Crippen molar-refractivity contribution < 1.29 is 14.0 Å². The number of benzene rings is 1. The molecule has 0 aromatic heterocycles. The van der Waals surface area contributed by atoms with Crippen molar-refractivity contribution in [2.45, 2.75) is 13.3 Å². The summed E-state index contributed by atoms with van der Waals surface area (Å²) in [4.78, 5) is 24.7. The first-order valence-corrected chi connectivity index (χ1v) is 5.90. The number of nitrogens with zero attached hydrogens (tertiary/aromatic N) is 1. The molecule has 1 amide bonds. The van der Waals surface area contributed by atoms with Crippen LogP contribution in [0.2, 0.25) is 0 Å². The number of carbonyl (C=O) groups excluding carboxylic acids is 2. The highest BCUT2D eigenvalue weighted by atomic mass is 19.1. The molecule has 1 aliphatic heterocycles. The maximum atomic E-state index is 13.7. The molecule has 5 heteroatoms. The van der Waals surface area contributed by atoms with E-state index in [1.807, 2.05) is 4.90 Å². The molecular weight excluding hydrogens is 235 g/mol. The Morgan fingerprint density at radius 2 is 2.17 bits per heavy atom. The van der Waals surface area contributed by atoms with E-state index in [1.54, 1.807) is 12.1 Å². The summed E-state index contributed by atoms with van der Waals surface area (Å²) in [5, 5.41) is 2.75. The van der Waals surface area contributed by atoms with Gasteiger partial charge in [-0.05, 0) is 19.1 Å². The van der Waals surface area contributed by atoms with Crippen LogP contribution in [-0.4, -0.2) is 31.3 Å². The first kappa shape index (κ1) is 12.5. The third kappa shape index (κ3) is 2.50. The van der Waals surface area contributed by atoms with Gasteiger partial charge in [0.25, 0.3) is 0 Å². The predicted molar refractivity (Wildman–Crippen MR) is 66.2 cm³/mol. The van der Waals surface area contributed by atoms with Gasteiger partial charge >= 0.3 is 0 Å². The van der Waals surface area contributed by atoms with E-state index in [-0.39, 0.29) is 17.3 Å². The second-order valence-corrected chi connectivity index (χ2v) is 4.28. The topological polar surface area (TPSA) is 49.4 Å². The Bertz CT molecular complexity index is 488. The van der Waals surface area contributed by atoms with Crippen LogP contribution < -0.4 is 10.2 Å². The number of hydrogen-bond acceptors (Lipinski definition) is 3. The van der Waals surface area contributed by atoms with Gasteiger partial charge in [-0.1, -0.05) is 6.07 Å². The zero-order chi connectivity index (χ0) is 13.1. The summed E-state index contributed by atoms with van der Waals surface area (Å²) in [5.74, 6) is -0.826. The van der Waals surface area contributed by atoms with Crippen LogP contribution in [0.3, 0.4) is 0 Å². The molecule has 96 valence electrons. The Morgan fingerprint density at radius 3 is 2.89 bits per heavy atom. The Kier molecular flexibility index (Phi) is 3.60. The van der Waals surface area contributed by atoms with E-state index in [2.05, 4.69) is 5.32 Å². The summed E-state index contributed by atoms with van der Waals surface area (Å²) in [6.45, 7) is 2.93. The number of nitrogens with one attached hydrogen (secondary N) is 1. The van der Waals surface area contributed by atoms with Crippen LogP contribution in [0.15, 0.2) is 18.2 Å². The second kappa shape index (κ2) is 5.16. The average Bonchev–Trinajstić information content (AvgIpc) is 2.53. The summed E-state index contributed by atoms with van der Waals surface area (Å²) in [6, 6.07) is 4.58. The maximum absolute atomic E-state index is 13.7. The van der Waals surface area contributed by atoms with Gasteiger partial charge in [0.15, 0.2) is 5.78 Å². The molecule has 0 unspecified atom stereocenters. The van der Waals surface area contributed by atoms with Gasteiger partial charge < -0.3 is 10.2 Å². The number of halogens is 1. The number of ketones is 1. The molecule has 0 radical (unpaired) electrons. The number of amides is 1. The molecule has 0 bridgehead atoms. The van der Waals surface area contributed by atoms with Crippen molar-refractivity contribution in [2.75, 3.05) is 24.5 Å². The SMILES string of the molecule is CC(=O)c1c(F)cccc1N1CCNC(=O)CC1. The smallest absolute Gasteiger partial charge is 0.221 e. The van der Waals surface area contributed by atoms with Crippen molar-refractivity contribution in [2.24, 2.45) is 0 Å². The van der Waals surface area contributed by atoms with Gasteiger partial charge in [-0.3, -0.25) is 9.59 Å². The van der Waals surface area contributed by atoms with E-state index in [1.165, 1.54) is 13.0 Å². The lowest BCUT2D eigenvalue weighted by molar-refractivity contribution is -0.120. The number of hydrogen-bond donors (Lipinski definition) is 1. The van der Waals surface area contributed by atoms with Gasteiger partial charge in [-0.2, -0.15) is 0 Å². The van der Waals surface area contributed by atoms with Crippen LogP contribution in [0.1, 0.15) is 23.7 Å². The van der Waals surface area contributed by atoms with Crippen molar-refractivity contribution in [3.8, 4) is 0 Å². The van der Waals surface area contributed by atoms with Crippen molar-refractivity contribution in [3.05, 3.63) is 29.6 Å². The summed E-state index contributed by atoms with van der Waals surface area (Å²) in [7, 11) is 0. The number of carbonyl (C=O) groups is 2. The molecule has 1 aromatic rings. The number of Topliss-reactive ketones (excluding diaryl/α,β-unsaturated/α-hetero) is 1. The van der Waals surface area contributed by atoms with E-state index in [0.717, 1.165) is 0 Å². The van der Waals surface area contributed by atoms with E-state index >= 15 is 0 Å². The normalized spacial score (nSPS) is 16.1. The summed E-state index contributed by atoms with van der Waals surface area (Å²) in [5.41, 5.74) is 0.672. The molecule has 0 atom stereocenters. The summed E-state index contributed by atoms with van der Waals surface area (Å²) >= 11 is 0. The molecule has 18 heavy (non-hydrogen) atoms. The number of rotatable bonds is 2. The van der Waals surface area contributed by atoms with Crippen molar-refractivity contribution in [1.29, 1.82) is 0 Å². The zero-order valence-electron chi connectivity index (χ0n) is 10.2. The van der Waals surface area contributed by atoms with Gasteiger partial charge in [0.05, 0.1) is 11.3 Å². The molecular formula is C13H15FN2O2. The quantitative estimate of drug-likeness (QED) is 0.806. The lowest BCUT2D eigenvalue weighted by Gasteiger charge is -2.24. The monoisotopic (exact) mass is 250 g/mol. The molecule has 0 saturated carbocycles. The van der Waals surface area contributed by atoms with Gasteiger partial charge in [-0.15, -0.1) is 0 Å². The van der Waals surface area contributed by atoms with E-state index in [0.29, 0.717) is 31.7 Å². The first-order valence-electron chi connectivity index (χ1n) is 5.90. The van der Waals surface area contributed by atoms with E-state index in [4.69, 9.17) is 0 Å². The molecule has 2 rings (SSSR count). The van der Waals surface area contributed by atoms with Crippen LogP contribution in [0.5, 0.6) is 0 Å². The molecule has 1 aliphatic rings. The first-order chi connectivity index (χ1) is 8.59. The third-order valence-electron chi connectivity index (χ3n) is 3.00. The highest BCUT2D eigenvalue weighted by Gasteiger charge is 2.20. The zero-order valence-corrected chi connectivity index (χ0v) is 10.2. The molecule has 1 aromatic carbocycles. The highest BCUT2D eigenvalue weighted by molar-refractivity contribution is 6.00. The molecule has 0 aliphatic carbocycles. The van der Waals surface area contributed by atoms with Gasteiger partial charge in [0, 0.05) is 26.1 Å². The minimum atomic E-state index is -0.511. The van der Waals surface area contributed by atoms with Crippen molar-refractivity contribution in [3.63, 3.8) is 0 Å². The molecule has 0 spiro atoms. The van der Waals surface area contributed by atoms with Gasteiger partial charge in [-0.25, -0.2) is 4.39 Å². The largest absolute Gasteiger partial charge is 0.369 e. The van der Waals surface area contributed by atoms with Crippen LogP contribution in [-0.2, 0) is 4.79 Å². The van der Waals surface area contributed by atoms with Gasteiger partial charge in [0.1, 0.15) is 5.82 Å². The van der Waals surface area contributed by atoms with Gasteiger partial charge in [0.2, 0.25) is 5.91 Å². The predicted octanol–water partition coefficient (Wildman–Crippen LogP) is 1.35. The standard InChI is InChI=1S/C13H15FN2O2/c1-9(17)13-10(14)3-2-4-11(13)16-7-5-12(18)15-6-8-16/h2-4H,5-8H2,1H3,(H,15,18). The van der Waals surface area contributed by atoms with Crippen molar-refractivity contribution in [1.82, 2.24) is 5.32 Å². The lowest BCUT2D eigenvalue weighted by atomic mass is 10.1. The fraction of sp³-hybridized carbons (Fsp3) is 0.385. The molecule has 4 nitrogen and oxygen atoms in total. The summed E-state index contributed by atoms with van der Waals surface area (Å²) in [6.07, 6.45) is 0.355. The highest BCUT2D eigenvalue weighted by Crippen LogP contribution is 2.24. The Labute approximate surface area is 105 Å². The molecule has 1 fully saturated rings. The summed E-state index contributed by atoms with van der Waals surface area (Å²) < 4.78 is 13.7. The lowest BCUT2D eigenvalue weighted by Crippen LogP contribution is -2.29. The Hall–Kier alpha value is -1.91. The average molecular weight is 250 g/mol. The fourth-order valence-corrected chi connectivity index (χ4v) is 2.13. The van der Waals surface area contributed by atoms with E-state index in [9.17, 15) is 14.0 Å². The van der Waals surface area contributed by atoms with Crippen LogP contribution in [0.25, 0.3) is 0 Å². The Morgan fingerprint density at radius 1 is 1.39 bits per heavy atom. The second-order valence-electron chi connectivity index (χ2n) is 4.28. The Balaban J connectivity index is 2.35. The maximum Gasteiger partial charge on any atom is 0.221 e. The molecule has 1 saturated heterocycles.